The van der Waals surface area contributed by atoms with E-state index in [0.717, 1.165) is 23.4 Å². The summed E-state index contributed by atoms with van der Waals surface area (Å²) in [7, 11) is 0. The zero-order chi connectivity index (χ0) is 22.1. The number of hydroxylamine groups is 2. The maximum absolute atomic E-state index is 12.6. The molecule has 0 bridgehead atoms. The maximum atomic E-state index is 12.6. The maximum Gasteiger partial charge on any atom is 0.430 e. The lowest BCUT2D eigenvalue weighted by Crippen LogP contribution is -2.45. The van der Waals surface area contributed by atoms with Crippen LogP contribution in [0.2, 0.25) is 0 Å². The van der Waals surface area contributed by atoms with Crippen LogP contribution in [0.15, 0.2) is 53.7 Å². The SMILES string of the molecule is Cc1ccc(C2=NOC3(CCN(OC(=O)Nc4ccc(C(F)(F)F)cc4)CC3)C2)cc1. The number of amides is 1. The van der Waals surface area contributed by atoms with Gasteiger partial charge in [0.1, 0.15) is 5.60 Å². The zero-order valence-electron chi connectivity index (χ0n) is 16.9. The van der Waals surface area contributed by atoms with E-state index in [-0.39, 0.29) is 5.69 Å². The number of hydrogen-bond acceptors (Lipinski definition) is 5. The average Bonchev–Trinajstić information content (AvgIpc) is 3.14. The molecule has 2 aromatic carbocycles. The van der Waals surface area contributed by atoms with Gasteiger partial charge in [-0.1, -0.05) is 35.0 Å². The van der Waals surface area contributed by atoms with Crippen LogP contribution in [0.5, 0.6) is 0 Å². The minimum absolute atomic E-state index is 0.224. The number of alkyl halides is 3. The first kappa shape index (κ1) is 21.2. The predicted molar refractivity (Wildman–Crippen MR) is 109 cm³/mol. The molecular weight excluding hydrogens is 411 g/mol. The van der Waals surface area contributed by atoms with Crippen LogP contribution >= 0.6 is 0 Å². The number of hydrogen-bond donors (Lipinski definition) is 1. The highest BCUT2D eigenvalue weighted by Crippen LogP contribution is 2.36. The van der Waals surface area contributed by atoms with E-state index in [1.165, 1.54) is 22.8 Å². The Morgan fingerprint density at radius 1 is 1.10 bits per heavy atom. The molecule has 0 unspecified atom stereocenters. The summed E-state index contributed by atoms with van der Waals surface area (Å²) < 4.78 is 37.8. The van der Waals surface area contributed by atoms with Crippen LogP contribution < -0.4 is 5.32 Å². The molecule has 1 N–H and O–H groups in total. The minimum atomic E-state index is -4.42. The molecule has 9 heteroatoms. The van der Waals surface area contributed by atoms with Gasteiger partial charge in [0.2, 0.25) is 0 Å². The van der Waals surface area contributed by atoms with Gasteiger partial charge in [0.15, 0.2) is 0 Å². The third-order valence-electron chi connectivity index (χ3n) is 5.53. The number of aryl methyl sites for hydroxylation is 1. The summed E-state index contributed by atoms with van der Waals surface area (Å²) in [4.78, 5) is 23.2. The number of nitrogens with one attached hydrogen (secondary N) is 1. The molecule has 2 aromatic rings. The molecule has 0 radical (unpaired) electrons. The smallest absolute Gasteiger partial charge is 0.388 e. The van der Waals surface area contributed by atoms with E-state index in [1.54, 1.807) is 0 Å². The summed E-state index contributed by atoms with van der Waals surface area (Å²) in [6.07, 6.45) is -3.20. The van der Waals surface area contributed by atoms with Gasteiger partial charge in [-0.2, -0.15) is 13.2 Å². The first-order valence-corrected chi connectivity index (χ1v) is 9.96. The Kier molecular flexibility index (Phi) is 5.62. The number of anilines is 1. The van der Waals surface area contributed by atoms with Crippen LogP contribution in [0.1, 0.15) is 36.0 Å². The van der Waals surface area contributed by atoms with Crippen molar-refractivity contribution in [2.75, 3.05) is 18.4 Å². The van der Waals surface area contributed by atoms with Gasteiger partial charge in [0, 0.05) is 38.0 Å². The quantitative estimate of drug-likeness (QED) is 0.728. The van der Waals surface area contributed by atoms with Crippen molar-refractivity contribution in [3.63, 3.8) is 0 Å². The lowest BCUT2D eigenvalue weighted by Gasteiger charge is -2.35. The number of rotatable bonds is 3. The number of benzene rings is 2. The van der Waals surface area contributed by atoms with Crippen molar-refractivity contribution in [3.05, 3.63) is 65.2 Å². The monoisotopic (exact) mass is 433 g/mol. The van der Waals surface area contributed by atoms with Gasteiger partial charge in [-0.25, -0.2) is 4.79 Å². The normalized spacial score (nSPS) is 18.4. The van der Waals surface area contributed by atoms with Crippen LogP contribution in [-0.4, -0.2) is 35.6 Å². The van der Waals surface area contributed by atoms with Crippen LogP contribution in [-0.2, 0) is 15.9 Å². The molecule has 1 amide bonds. The first-order chi connectivity index (χ1) is 14.7. The van der Waals surface area contributed by atoms with E-state index in [2.05, 4.69) is 10.5 Å². The molecule has 31 heavy (non-hydrogen) atoms. The van der Waals surface area contributed by atoms with Crippen molar-refractivity contribution in [1.29, 1.82) is 0 Å². The van der Waals surface area contributed by atoms with E-state index in [1.807, 2.05) is 31.2 Å². The second kappa shape index (κ2) is 8.22. The minimum Gasteiger partial charge on any atom is -0.388 e. The number of carbonyl (C=O) groups is 1. The fraction of sp³-hybridized carbons (Fsp3) is 0.364. The molecule has 6 nitrogen and oxygen atoms in total. The van der Waals surface area contributed by atoms with Crippen LogP contribution in [0.3, 0.4) is 0 Å². The number of halogens is 3. The second-order valence-corrected chi connectivity index (χ2v) is 7.86. The Bertz CT molecular complexity index is 964. The van der Waals surface area contributed by atoms with Crippen molar-refractivity contribution in [1.82, 2.24) is 5.06 Å². The first-order valence-electron chi connectivity index (χ1n) is 9.96. The summed E-state index contributed by atoms with van der Waals surface area (Å²) >= 11 is 0. The molecule has 2 aliphatic rings. The van der Waals surface area contributed by atoms with Gasteiger partial charge >= 0.3 is 12.3 Å². The van der Waals surface area contributed by atoms with Crippen molar-refractivity contribution in [2.45, 2.75) is 38.0 Å². The molecule has 0 aliphatic carbocycles. The largest absolute Gasteiger partial charge is 0.430 e. The molecule has 0 saturated carbocycles. The van der Waals surface area contributed by atoms with E-state index in [4.69, 9.17) is 9.68 Å². The van der Waals surface area contributed by atoms with Gasteiger partial charge < -0.3 is 9.68 Å². The van der Waals surface area contributed by atoms with Gasteiger partial charge in [0.25, 0.3) is 0 Å². The Morgan fingerprint density at radius 3 is 2.35 bits per heavy atom. The van der Waals surface area contributed by atoms with Gasteiger partial charge in [-0.15, -0.1) is 5.06 Å². The highest BCUT2D eigenvalue weighted by molar-refractivity contribution is 6.01. The molecule has 2 heterocycles. The lowest BCUT2D eigenvalue weighted by atomic mass is 9.86. The van der Waals surface area contributed by atoms with Crippen molar-refractivity contribution in [3.8, 4) is 0 Å². The van der Waals surface area contributed by atoms with E-state index in [0.29, 0.717) is 32.4 Å². The standard InChI is InChI=1S/C22H22F3N3O3/c1-15-2-4-16(5-3-15)19-14-21(31-27-19)10-12-28(13-11-21)30-20(29)26-18-8-6-17(7-9-18)22(23,24)25/h2-9H,10-14H2,1H3,(H,26,29). The average molecular weight is 433 g/mol. The predicted octanol–water partition coefficient (Wildman–Crippen LogP) is 5.14. The van der Waals surface area contributed by atoms with Gasteiger partial charge in [-0.05, 0) is 36.8 Å². The summed E-state index contributed by atoms with van der Waals surface area (Å²) in [5, 5.41) is 8.24. The van der Waals surface area contributed by atoms with Crippen molar-refractivity contribution < 1.29 is 27.6 Å². The fourth-order valence-corrected chi connectivity index (χ4v) is 3.68. The molecule has 164 valence electrons. The van der Waals surface area contributed by atoms with E-state index < -0.39 is 23.4 Å². The fourth-order valence-electron chi connectivity index (χ4n) is 3.68. The van der Waals surface area contributed by atoms with Crippen LogP contribution in [0.4, 0.5) is 23.7 Å². The zero-order valence-corrected chi connectivity index (χ0v) is 16.9. The number of nitrogens with zero attached hydrogens (tertiary/aromatic N) is 2. The Morgan fingerprint density at radius 2 is 1.74 bits per heavy atom. The number of piperidine rings is 1. The second-order valence-electron chi connectivity index (χ2n) is 7.86. The molecule has 0 atom stereocenters. The molecule has 1 saturated heterocycles. The Hall–Kier alpha value is -3.07. The number of oxime groups is 1. The lowest BCUT2D eigenvalue weighted by molar-refractivity contribution is -0.154. The Balaban J connectivity index is 1.26. The summed E-state index contributed by atoms with van der Waals surface area (Å²) in [5.41, 5.74) is 2.17. The highest BCUT2D eigenvalue weighted by Gasteiger charge is 2.43. The summed E-state index contributed by atoms with van der Waals surface area (Å²) in [5.74, 6) is 0. The third kappa shape index (κ3) is 4.99. The third-order valence-corrected chi connectivity index (χ3v) is 5.53. The van der Waals surface area contributed by atoms with Gasteiger partial charge in [0.05, 0.1) is 11.3 Å². The molecule has 4 rings (SSSR count). The molecule has 1 fully saturated rings. The topological polar surface area (TPSA) is 63.2 Å². The van der Waals surface area contributed by atoms with Crippen molar-refractivity contribution >= 4 is 17.5 Å². The Labute approximate surface area is 177 Å². The molecular formula is C22H22F3N3O3. The van der Waals surface area contributed by atoms with Gasteiger partial charge in [-0.3, -0.25) is 5.32 Å². The molecule has 2 aliphatic heterocycles. The van der Waals surface area contributed by atoms with Crippen LogP contribution in [0, 0.1) is 6.92 Å². The van der Waals surface area contributed by atoms with E-state index >= 15 is 0 Å². The summed E-state index contributed by atoms with van der Waals surface area (Å²) in [6, 6.07) is 12.3. The summed E-state index contributed by atoms with van der Waals surface area (Å²) in [6.45, 7) is 2.97. The van der Waals surface area contributed by atoms with Crippen molar-refractivity contribution in [2.24, 2.45) is 5.16 Å². The van der Waals surface area contributed by atoms with Crippen LogP contribution in [0.25, 0.3) is 0 Å². The molecule has 1 spiro atoms. The highest BCUT2D eigenvalue weighted by atomic mass is 19.4. The van der Waals surface area contributed by atoms with E-state index in [9.17, 15) is 18.0 Å². The molecule has 0 aromatic heterocycles. The number of carbonyl (C=O) groups excluding carboxylic acids is 1.